The van der Waals surface area contributed by atoms with Gasteiger partial charge in [0.05, 0.1) is 12.1 Å². The second-order valence-corrected chi connectivity index (χ2v) is 6.42. The van der Waals surface area contributed by atoms with Gasteiger partial charge in [-0.25, -0.2) is 4.68 Å². The van der Waals surface area contributed by atoms with Gasteiger partial charge in [-0.1, -0.05) is 19.1 Å². The summed E-state index contributed by atoms with van der Waals surface area (Å²) in [6, 6.07) is 5.50. The van der Waals surface area contributed by atoms with Gasteiger partial charge in [0, 0.05) is 31.6 Å². The number of rotatable bonds is 2. The van der Waals surface area contributed by atoms with Gasteiger partial charge in [0.1, 0.15) is 11.3 Å². The lowest BCUT2D eigenvalue weighted by molar-refractivity contribution is 0.0706. The van der Waals surface area contributed by atoms with E-state index >= 15 is 0 Å². The maximum absolute atomic E-state index is 12.8. The zero-order chi connectivity index (χ0) is 16.8. The highest BCUT2D eigenvalue weighted by Crippen LogP contribution is 2.20. The van der Waals surface area contributed by atoms with Gasteiger partial charge in [0.15, 0.2) is 5.82 Å². The first kappa shape index (κ1) is 14.8. The molecule has 0 unspecified atom stereocenters. The van der Waals surface area contributed by atoms with E-state index in [0.717, 1.165) is 29.2 Å². The molecule has 2 aromatic heterocycles. The molecule has 1 amide bonds. The van der Waals surface area contributed by atoms with Crippen molar-refractivity contribution in [3.63, 3.8) is 0 Å². The minimum Gasteiger partial charge on any atom is -0.329 e. The average Bonchev–Trinajstić information content (AvgIpc) is 3.17. The molecule has 0 saturated carbocycles. The Morgan fingerprint density at radius 1 is 1.17 bits per heavy atom. The van der Waals surface area contributed by atoms with Crippen molar-refractivity contribution in [1.82, 2.24) is 34.7 Å². The smallest absolute Gasteiger partial charge is 0.254 e. The van der Waals surface area contributed by atoms with Crippen molar-refractivity contribution in [3.8, 4) is 0 Å². The summed E-state index contributed by atoms with van der Waals surface area (Å²) in [5, 5.41) is 16.6. The SMILES string of the molecule is CC(C)c1nnc2n1CCN(C(=O)c1ccc3c(c1)nnn3C)C2. The molecule has 8 heteroatoms. The van der Waals surface area contributed by atoms with Crippen LogP contribution in [-0.4, -0.2) is 47.1 Å². The van der Waals surface area contributed by atoms with Crippen LogP contribution in [0.2, 0.25) is 0 Å². The van der Waals surface area contributed by atoms with E-state index in [0.29, 0.717) is 24.6 Å². The summed E-state index contributed by atoms with van der Waals surface area (Å²) >= 11 is 0. The van der Waals surface area contributed by atoms with Crippen molar-refractivity contribution in [2.45, 2.75) is 32.9 Å². The highest BCUT2D eigenvalue weighted by atomic mass is 16.2. The minimum atomic E-state index is -0.0112. The molecule has 0 radical (unpaired) electrons. The maximum Gasteiger partial charge on any atom is 0.254 e. The molecule has 24 heavy (non-hydrogen) atoms. The van der Waals surface area contributed by atoms with E-state index in [2.05, 4.69) is 38.9 Å². The Morgan fingerprint density at radius 3 is 2.79 bits per heavy atom. The summed E-state index contributed by atoms with van der Waals surface area (Å²) in [4.78, 5) is 14.6. The van der Waals surface area contributed by atoms with Crippen molar-refractivity contribution < 1.29 is 4.79 Å². The highest BCUT2D eigenvalue weighted by molar-refractivity contribution is 5.97. The minimum absolute atomic E-state index is 0.0112. The van der Waals surface area contributed by atoms with Crippen molar-refractivity contribution in [2.75, 3.05) is 6.54 Å². The first-order valence-corrected chi connectivity index (χ1v) is 8.05. The van der Waals surface area contributed by atoms with Crippen LogP contribution >= 0.6 is 0 Å². The van der Waals surface area contributed by atoms with E-state index in [1.807, 2.05) is 24.1 Å². The van der Waals surface area contributed by atoms with E-state index in [-0.39, 0.29) is 5.91 Å². The topological polar surface area (TPSA) is 81.7 Å². The number of hydrogen-bond acceptors (Lipinski definition) is 5. The van der Waals surface area contributed by atoms with Crippen molar-refractivity contribution in [1.29, 1.82) is 0 Å². The summed E-state index contributed by atoms with van der Waals surface area (Å²) in [5.41, 5.74) is 2.26. The fourth-order valence-electron chi connectivity index (χ4n) is 3.14. The second kappa shape index (κ2) is 5.40. The van der Waals surface area contributed by atoms with E-state index in [1.165, 1.54) is 0 Å². The van der Waals surface area contributed by atoms with Crippen LogP contribution in [0.25, 0.3) is 11.0 Å². The summed E-state index contributed by atoms with van der Waals surface area (Å²) in [6.07, 6.45) is 0. The normalized spacial score (nSPS) is 14.4. The van der Waals surface area contributed by atoms with Gasteiger partial charge in [-0.05, 0) is 18.2 Å². The van der Waals surface area contributed by atoms with Gasteiger partial charge in [-0.15, -0.1) is 15.3 Å². The molecule has 0 bridgehead atoms. The Labute approximate surface area is 139 Å². The van der Waals surface area contributed by atoms with Crippen molar-refractivity contribution >= 4 is 16.9 Å². The van der Waals surface area contributed by atoms with Crippen molar-refractivity contribution in [3.05, 3.63) is 35.4 Å². The van der Waals surface area contributed by atoms with Crippen LogP contribution in [0.1, 0.15) is 41.8 Å². The molecule has 1 aliphatic rings. The van der Waals surface area contributed by atoms with Gasteiger partial charge < -0.3 is 9.47 Å². The molecular weight excluding hydrogens is 306 g/mol. The fourth-order valence-corrected chi connectivity index (χ4v) is 3.14. The predicted octanol–water partition coefficient (Wildman–Crippen LogP) is 1.34. The van der Waals surface area contributed by atoms with Gasteiger partial charge in [-0.3, -0.25) is 4.79 Å². The largest absolute Gasteiger partial charge is 0.329 e. The number of aryl methyl sites for hydroxylation is 1. The number of aromatic nitrogens is 6. The molecule has 0 atom stereocenters. The molecule has 0 spiro atoms. The molecule has 0 fully saturated rings. The summed E-state index contributed by atoms with van der Waals surface area (Å²) in [6.45, 7) is 6.07. The third kappa shape index (κ3) is 2.26. The lowest BCUT2D eigenvalue weighted by Gasteiger charge is -2.28. The lowest BCUT2D eigenvalue weighted by atomic mass is 10.1. The van der Waals surface area contributed by atoms with Gasteiger partial charge in [-0.2, -0.15) is 0 Å². The van der Waals surface area contributed by atoms with Crippen LogP contribution < -0.4 is 0 Å². The fraction of sp³-hybridized carbons (Fsp3) is 0.438. The van der Waals surface area contributed by atoms with Gasteiger partial charge >= 0.3 is 0 Å². The number of amides is 1. The average molecular weight is 325 g/mol. The third-order valence-corrected chi connectivity index (χ3v) is 4.44. The summed E-state index contributed by atoms with van der Waals surface area (Å²) in [5.74, 6) is 2.15. The van der Waals surface area contributed by atoms with Crippen LogP contribution in [0, 0.1) is 0 Å². The first-order valence-electron chi connectivity index (χ1n) is 8.05. The zero-order valence-corrected chi connectivity index (χ0v) is 14.0. The molecule has 8 nitrogen and oxygen atoms in total. The van der Waals surface area contributed by atoms with Crippen LogP contribution in [0.5, 0.6) is 0 Å². The van der Waals surface area contributed by atoms with Gasteiger partial charge in [0.25, 0.3) is 5.91 Å². The molecule has 124 valence electrons. The van der Waals surface area contributed by atoms with Crippen LogP contribution in [0.4, 0.5) is 0 Å². The van der Waals surface area contributed by atoms with E-state index in [4.69, 9.17) is 0 Å². The molecule has 0 N–H and O–H groups in total. The van der Waals surface area contributed by atoms with E-state index < -0.39 is 0 Å². The summed E-state index contributed by atoms with van der Waals surface area (Å²) in [7, 11) is 1.83. The first-order chi connectivity index (χ1) is 11.5. The number of hydrogen-bond donors (Lipinski definition) is 0. The molecule has 4 rings (SSSR count). The van der Waals surface area contributed by atoms with Crippen LogP contribution in [-0.2, 0) is 20.1 Å². The van der Waals surface area contributed by atoms with Crippen molar-refractivity contribution in [2.24, 2.45) is 7.05 Å². The number of benzene rings is 1. The lowest BCUT2D eigenvalue weighted by Crippen LogP contribution is -2.38. The molecule has 1 aliphatic heterocycles. The van der Waals surface area contributed by atoms with E-state index in [1.54, 1.807) is 10.7 Å². The number of fused-ring (bicyclic) bond motifs is 2. The van der Waals surface area contributed by atoms with Crippen LogP contribution in [0.3, 0.4) is 0 Å². The Bertz CT molecular complexity index is 924. The van der Waals surface area contributed by atoms with Gasteiger partial charge in [0.2, 0.25) is 0 Å². The Kier molecular flexibility index (Phi) is 3.33. The number of carbonyl (C=O) groups is 1. The maximum atomic E-state index is 12.8. The molecule has 0 aliphatic carbocycles. The molecule has 3 aromatic rings. The molecular formula is C16H19N7O. The standard InChI is InChI=1S/C16H19N7O/c1-10(2)15-19-18-14-9-22(6-7-23(14)15)16(24)11-4-5-13-12(8-11)17-20-21(13)3/h4-5,8,10H,6-7,9H2,1-3H3. The zero-order valence-electron chi connectivity index (χ0n) is 14.0. The summed E-state index contributed by atoms with van der Waals surface area (Å²) < 4.78 is 3.82. The Balaban J connectivity index is 1.60. The van der Waals surface area contributed by atoms with E-state index in [9.17, 15) is 4.79 Å². The Hall–Kier alpha value is -2.77. The molecule has 0 saturated heterocycles. The predicted molar refractivity (Wildman–Crippen MR) is 87.4 cm³/mol. The molecule has 1 aromatic carbocycles. The highest BCUT2D eigenvalue weighted by Gasteiger charge is 2.26. The quantitative estimate of drug-likeness (QED) is 0.710. The second-order valence-electron chi connectivity index (χ2n) is 6.42. The number of carbonyl (C=O) groups excluding carboxylic acids is 1. The molecule has 3 heterocycles. The van der Waals surface area contributed by atoms with Crippen LogP contribution in [0.15, 0.2) is 18.2 Å². The Morgan fingerprint density at radius 2 is 2.00 bits per heavy atom. The number of nitrogens with zero attached hydrogens (tertiary/aromatic N) is 7. The third-order valence-electron chi connectivity index (χ3n) is 4.44. The monoisotopic (exact) mass is 325 g/mol.